The number of aliphatic hydroxyl groups is 1. The molecule has 1 aliphatic carbocycles. The van der Waals surface area contributed by atoms with Gasteiger partial charge in [-0.15, -0.1) is 6.58 Å². The quantitative estimate of drug-likeness (QED) is 0.231. The normalized spacial score (nSPS) is 26.0. The van der Waals surface area contributed by atoms with Crippen LogP contribution in [0.25, 0.3) is 0 Å². The maximum atomic E-state index is 10.5. The molecular weight excluding hydrogens is 384 g/mol. The van der Waals surface area contributed by atoms with Crippen molar-refractivity contribution in [3.63, 3.8) is 0 Å². The molecular formula is C27H46O2Si. The van der Waals surface area contributed by atoms with Crippen LogP contribution in [0.5, 0.6) is 0 Å². The number of rotatable bonds is 10. The molecule has 0 spiro atoms. The van der Waals surface area contributed by atoms with E-state index >= 15 is 0 Å². The van der Waals surface area contributed by atoms with Gasteiger partial charge in [-0.1, -0.05) is 84.2 Å². The molecule has 1 N–H and O–H groups in total. The monoisotopic (exact) mass is 430 g/mol. The Kier molecular flexibility index (Phi) is 8.97. The SMILES string of the molecule is C=CC[C@@H]1C(c2ccc(C(CCCCC)O[Si](C)(C)C(C)(C)C)cc2)[C@H](C)C[C@@H]1O. The number of allylic oxidation sites excluding steroid dienone is 1. The summed E-state index contributed by atoms with van der Waals surface area (Å²) in [4.78, 5) is 0. The van der Waals surface area contributed by atoms with Crippen molar-refractivity contribution in [1.82, 2.24) is 0 Å². The lowest BCUT2D eigenvalue weighted by molar-refractivity contribution is 0.128. The zero-order chi connectivity index (χ0) is 22.5. The zero-order valence-corrected chi connectivity index (χ0v) is 21.6. The van der Waals surface area contributed by atoms with Gasteiger partial charge >= 0.3 is 0 Å². The molecule has 5 atom stereocenters. The first kappa shape index (κ1) is 25.4. The van der Waals surface area contributed by atoms with Gasteiger partial charge in [0.2, 0.25) is 0 Å². The van der Waals surface area contributed by atoms with Gasteiger partial charge in [-0.3, -0.25) is 0 Å². The molecule has 0 aliphatic heterocycles. The van der Waals surface area contributed by atoms with Crippen LogP contribution in [-0.4, -0.2) is 19.5 Å². The van der Waals surface area contributed by atoms with E-state index in [-0.39, 0.29) is 23.2 Å². The lowest BCUT2D eigenvalue weighted by Crippen LogP contribution is -2.41. The molecule has 3 heteroatoms. The van der Waals surface area contributed by atoms with Crippen molar-refractivity contribution in [3.8, 4) is 0 Å². The van der Waals surface area contributed by atoms with E-state index in [0.717, 1.165) is 19.3 Å². The van der Waals surface area contributed by atoms with Gasteiger partial charge in [0.15, 0.2) is 8.32 Å². The topological polar surface area (TPSA) is 29.5 Å². The second-order valence-corrected chi connectivity index (χ2v) is 15.8. The van der Waals surface area contributed by atoms with Gasteiger partial charge in [0.25, 0.3) is 0 Å². The van der Waals surface area contributed by atoms with Crippen LogP contribution in [-0.2, 0) is 4.43 Å². The third-order valence-corrected chi connectivity index (χ3v) is 12.1. The summed E-state index contributed by atoms with van der Waals surface area (Å²) in [6, 6.07) is 9.18. The number of hydrogen-bond donors (Lipinski definition) is 1. The van der Waals surface area contributed by atoms with Gasteiger partial charge < -0.3 is 9.53 Å². The Morgan fingerprint density at radius 2 is 1.83 bits per heavy atom. The summed E-state index contributed by atoms with van der Waals surface area (Å²) in [6.07, 6.45) is 8.50. The fraction of sp³-hybridized carbons (Fsp3) is 0.704. The van der Waals surface area contributed by atoms with Gasteiger partial charge in [0.05, 0.1) is 12.2 Å². The van der Waals surface area contributed by atoms with Crippen LogP contribution in [0.15, 0.2) is 36.9 Å². The minimum absolute atomic E-state index is 0.182. The molecule has 0 bridgehead atoms. The highest BCUT2D eigenvalue weighted by atomic mass is 28.4. The molecule has 0 amide bonds. The number of unbranched alkanes of at least 4 members (excludes halogenated alkanes) is 2. The predicted octanol–water partition coefficient (Wildman–Crippen LogP) is 8.01. The third-order valence-electron chi connectivity index (χ3n) is 7.63. The maximum absolute atomic E-state index is 10.5. The van der Waals surface area contributed by atoms with E-state index in [1.54, 1.807) is 0 Å². The van der Waals surface area contributed by atoms with Crippen LogP contribution in [0.2, 0.25) is 18.1 Å². The molecule has 0 aromatic heterocycles. The van der Waals surface area contributed by atoms with Crippen molar-refractivity contribution in [2.45, 2.75) is 109 Å². The van der Waals surface area contributed by atoms with E-state index in [1.807, 2.05) is 6.08 Å². The minimum atomic E-state index is -1.84. The summed E-state index contributed by atoms with van der Waals surface area (Å²) in [5.41, 5.74) is 2.67. The van der Waals surface area contributed by atoms with E-state index in [4.69, 9.17) is 4.43 Å². The van der Waals surface area contributed by atoms with Crippen molar-refractivity contribution >= 4 is 8.32 Å². The van der Waals surface area contributed by atoms with Gasteiger partial charge in [-0.05, 0) is 66.3 Å². The zero-order valence-electron chi connectivity index (χ0n) is 20.6. The van der Waals surface area contributed by atoms with Crippen LogP contribution in [0.1, 0.15) is 96.3 Å². The third kappa shape index (κ3) is 6.08. The highest BCUT2D eigenvalue weighted by Gasteiger charge is 2.41. The van der Waals surface area contributed by atoms with Crippen LogP contribution >= 0.6 is 0 Å². The molecule has 0 saturated heterocycles. The highest BCUT2D eigenvalue weighted by molar-refractivity contribution is 6.74. The molecule has 1 aromatic carbocycles. The first-order valence-corrected chi connectivity index (χ1v) is 15.0. The molecule has 2 nitrogen and oxygen atoms in total. The second kappa shape index (κ2) is 10.6. The standard InChI is InChI=1S/C27H46O2Si/c1-9-11-12-14-25(29-30(7,8)27(4,5)6)21-15-17-22(18-16-21)26-20(3)19-24(28)23(26)13-10-2/h10,15-18,20,23-26,28H,2,9,11-14,19H2,1,3-8H3/t20-,23+,24+,25?,26?/m1/s1. The molecule has 30 heavy (non-hydrogen) atoms. The van der Waals surface area contributed by atoms with E-state index in [1.165, 1.54) is 30.4 Å². The molecule has 170 valence electrons. The fourth-order valence-electron chi connectivity index (χ4n) is 4.77. The Morgan fingerprint density at radius 1 is 1.20 bits per heavy atom. The van der Waals surface area contributed by atoms with Crippen molar-refractivity contribution in [2.24, 2.45) is 11.8 Å². The van der Waals surface area contributed by atoms with Crippen molar-refractivity contribution in [1.29, 1.82) is 0 Å². The Hall–Kier alpha value is -0.903. The van der Waals surface area contributed by atoms with E-state index in [2.05, 4.69) is 78.6 Å². The summed E-state index contributed by atoms with van der Waals surface area (Å²) >= 11 is 0. The molecule has 0 heterocycles. The van der Waals surface area contributed by atoms with E-state index < -0.39 is 8.32 Å². The molecule has 0 radical (unpaired) electrons. The highest BCUT2D eigenvalue weighted by Crippen LogP contribution is 2.46. The first-order chi connectivity index (χ1) is 14.0. The van der Waals surface area contributed by atoms with Gasteiger partial charge in [-0.25, -0.2) is 0 Å². The molecule has 1 saturated carbocycles. The lowest BCUT2D eigenvalue weighted by Gasteiger charge is -2.39. The van der Waals surface area contributed by atoms with Gasteiger partial charge in [0.1, 0.15) is 0 Å². The Labute approximate surface area is 187 Å². The number of aliphatic hydroxyl groups excluding tert-OH is 1. The van der Waals surface area contributed by atoms with Gasteiger partial charge in [-0.2, -0.15) is 0 Å². The Bertz CT molecular complexity index is 658. The van der Waals surface area contributed by atoms with Crippen molar-refractivity contribution < 1.29 is 9.53 Å². The average molecular weight is 431 g/mol. The summed E-state index contributed by atoms with van der Waals surface area (Å²) in [7, 11) is -1.84. The Balaban J connectivity index is 2.24. The predicted molar refractivity (Wildman–Crippen MR) is 132 cm³/mol. The van der Waals surface area contributed by atoms with E-state index in [0.29, 0.717) is 11.8 Å². The van der Waals surface area contributed by atoms with Crippen LogP contribution < -0.4 is 0 Å². The average Bonchev–Trinajstić information content (AvgIpc) is 2.94. The number of hydrogen-bond acceptors (Lipinski definition) is 2. The summed E-state index contributed by atoms with van der Waals surface area (Å²) in [6.45, 7) is 20.1. The minimum Gasteiger partial charge on any atom is -0.410 e. The largest absolute Gasteiger partial charge is 0.410 e. The van der Waals surface area contributed by atoms with Crippen LogP contribution in [0, 0.1) is 11.8 Å². The molecule has 1 fully saturated rings. The van der Waals surface area contributed by atoms with Crippen LogP contribution in [0.3, 0.4) is 0 Å². The fourth-order valence-corrected chi connectivity index (χ4v) is 6.09. The Morgan fingerprint density at radius 3 is 2.37 bits per heavy atom. The maximum Gasteiger partial charge on any atom is 0.192 e. The van der Waals surface area contributed by atoms with Crippen molar-refractivity contribution in [2.75, 3.05) is 0 Å². The van der Waals surface area contributed by atoms with Crippen LogP contribution in [0.4, 0.5) is 0 Å². The molecule has 2 unspecified atom stereocenters. The summed E-state index contributed by atoms with van der Waals surface area (Å²) in [5, 5.41) is 10.7. The smallest absolute Gasteiger partial charge is 0.192 e. The molecule has 1 aliphatic rings. The lowest BCUT2D eigenvalue weighted by atomic mass is 9.81. The van der Waals surface area contributed by atoms with Gasteiger partial charge in [0, 0.05) is 0 Å². The second-order valence-electron chi connectivity index (χ2n) is 11.0. The van der Waals surface area contributed by atoms with E-state index in [9.17, 15) is 5.11 Å². The number of benzene rings is 1. The summed E-state index contributed by atoms with van der Waals surface area (Å²) in [5.74, 6) is 1.19. The molecule has 2 rings (SSSR count). The van der Waals surface area contributed by atoms with Crippen molar-refractivity contribution in [3.05, 3.63) is 48.0 Å². The molecule has 1 aromatic rings. The first-order valence-electron chi connectivity index (χ1n) is 12.1. The summed E-state index contributed by atoms with van der Waals surface area (Å²) < 4.78 is 6.88.